The van der Waals surface area contributed by atoms with E-state index in [1.807, 2.05) is 6.92 Å². The lowest BCUT2D eigenvalue weighted by Crippen LogP contribution is -2.35. The van der Waals surface area contributed by atoms with Gasteiger partial charge in [0.25, 0.3) is 0 Å². The molecule has 0 aromatic rings. The number of rotatable bonds is 10. The van der Waals surface area contributed by atoms with Crippen molar-refractivity contribution in [2.24, 2.45) is 5.41 Å². The smallest absolute Gasteiger partial charge is 0.233 e. The molecule has 3 nitrogen and oxygen atoms in total. The van der Waals surface area contributed by atoms with E-state index < -0.39 is 9.05 Å². The molecule has 0 aliphatic carbocycles. The van der Waals surface area contributed by atoms with Gasteiger partial charge in [-0.05, 0) is 26.2 Å². The normalized spacial score (nSPS) is 14.7. The van der Waals surface area contributed by atoms with Crippen LogP contribution in [-0.4, -0.2) is 26.9 Å². The minimum atomic E-state index is -3.49. The molecule has 0 aliphatic rings. The predicted octanol–water partition coefficient (Wildman–Crippen LogP) is 3.96. The van der Waals surface area contributed by atoms with Crippen molar-refractivity contribution < 1.29 is 13.2 Å². The molecular weight excluding hydrogens is 272 g/mol. The van der Waals surface area contributed by atoms with Crippen LogP contribution in [0, 0.1) is 5.41 Å². The fourth-order valence-corrected chi connectivity index (χ4v) is 4.12. The fraction of sp³-hybridized carbons (Fsp3) is 1.00. The van der Waals surface area contributed by atoms with Gasteiger partial charge >= 0.3 is 0 Å². The predicted molar refractivity (Wildman–Crippen MR) is 77.6 cm³/mol. The zero-order valence-electron chi connectivity index (χ0n) is 12.0. The van der Waals surface area contributed by atoms with Gasteiger partial charge in [-0.25, -0.2) is 8.42 Å². The van der Waals surface area contributed by atoms with Crippen molar-refractivity contribution >= 4 is 19.7 Å². The molecule has 0 heterocycles. The Morgan fingerprint density at radius 3 is 2.00 bits per heavy atom. The van der Waals surface area contributed by atoms with Crippen LogP contribution in [0.5, 0.6) is 0 Å². The van der Waals surface area contributed by atoms with Crippen molar-refractivity contribution in [2.75, 3.05) is 12.4 Å². The molecule has 0 saturated heterocycles. The lowest BCUT2D eigenvalue weighted by molar-refractivity contribution is -0.00202. The van der Waals surface area contributed by atoms with Crippen LogP contribution < -0.4 is 0 Å². The summed E-state index contributed by atoms with van der Waals surface area (Å²) in [4.78, 5) is 0. The van der Waals surface area contributed by atoms with Crippen molar-refractivity contribution in [3.05, 3.63) is 0 Å². The number of ether oxygens (including phenoxy) is 1. The molecule has 0 spiro atoms. The second-order valence-corrected chi connectivity index (χ2v) is 7.99. The summed E-state index contributed by atoms with van der Waals surface area (Å²) in [5, 5.41) is 0. The lowest BCUT2D eigenvalue weighted by atomic mass is 9.82. The molecule has 0 amide bonds. The van der Waals surface area contributed by atoms with Crippen LogP contribution in [-0.2, 0) is 13.8 Å². The number of halogens is 1. The standard InChI is InChI=1S/C13H27ClO3S/c1-5-8-13(9-6-2,11-18(14,15)16)10-17-12(4)7-3/h12H,5-11H2,1-4H3. The SMILES string of the molecule is CCCC(CCC)(COC(C)CC)CS(=O)(=O)Cl. The van der Waals surface area contributed by atoms with Crippen molar-refractivity contribution in [3.63, 3.8) is 0 Å². The molecule has 0 N–H and O–H groups in total. The van der Waals surface area contributed by atoms with E-state index in [1.54, 1.807) is 0 Å². The van der Waals surface area contributed by atoms with Gasteiger partial charge in [-0.15, -0.1) is 0 Å². The molecule has 18 heavy (non-hydrogen) atoms. The van der Waals surface area contributed by atoms with Crippen molar-refractivity contribution in [1.29, 1.82) is 0 Å². The molecule has 0 radical (unpaired) electrons. The molecule has 0 aliphatic heterocycles. The van der Waals surface area contributed by atoms with E-state index in [-0.39, 0.29) is 17.3 Å². The molecule has 0 aromatic heterocycles. The molecule has 0 rings (SSSR count). The van der Waals surface area contributed by atoms with Crippen LogP contribution >= 0.6 is 10.7 Å². The molecule has 5 heteroatoms. The summed E-state index contributed by atoms with van der Waals surface area (Å²) in [6.07, 6.45) is 4.65. The Bertz CT molecular complexity index is 308. The lowest BCUT2D eigenvalue weighted by Gasteiger charge is -2.33. The summed E-state index contributed by atoms with van der Waals surface area (Å²) in [6, 6.07) is 0. The summed E-state index contributed by atoms with van der Waals surface area (Å²) in [5.41, 5.74) is -0.326. The van der Waals surface area contributed by atoms with E-state index >= 15 is 0 Å². The summed E-state index contributed by atoms with van der Waals surface area (Å²) in [6.45, 7) is 8.68. The van der Waals surface area contributed by atoms with Crippen LogP contribution in [0.3, 0.4) is 0 Å². The first-order valence-corrected chi connectivity index (χ1v) is 9.30. The van der Waals surface area contributed by atoms with Crippen LogP contribution in [0.2, 0.25) is 0 Å². The Hall–Kier alpha value is 0.200. The van der Waals surface area contributed by atoms with Crippen LogP contribution in [0.4, 0.5) is 0 Å². The van der Waals surface area contributed by atoms with E-state index in [1.165, 1.54) is 0 Å². The largest absolute Gasteiger partial charge is 0.378 e. The molecule has 1 atom stereocenters. The topological polar surface area (TPSA) is 43.4 Å². The average molecular weight is 299 g/mol. The zero-order chi connectivity index (χ0) is 14.2. The van der Waals surface area contributed by atoms with Gasteiger partial charge in [0, 0.05) is 16.1 Å². The van der Waals surface area contributed by atoms with Crippen LogP contribution in [0.15, 0.2) is 0 Å². The molecule has 0 bridgehead atoms. The fourth-order valence-electron chi connectivity index (χ4n) is 2.32. The highest BCUT2D eigenvalue weighted by Crippen LogP contribution is 2.33. The summed E-state index contributed by atoms with van der Waals surface area (Å²) in [5.74, 6) is 0.0136. The molecule has 0 saturated carbocycles. The van der Waals surface area contributed by atoms with Gasteiger partial charge in [0.1, 0.15) is 0 Å². The monoisotopic (exact) mass is 298 g/mol. The Labute approximate surface area is 117 Å². The molecule has 1 unspecified atom stereocenters. The highest BCUT2D eigenvalue weighted by atomic mass is 35.7. The van der Waals surface area contributed by atoms with E-state index in [9.17, 15) is 8.42 Å². The van der Waals surface area contributed by atoms with E-state index in [4.69, 9.17) is 15.4 Å². The maximum atomic E-state index is 11.4. The minimum absolute atomic E-state index is 0.0136. The first-order valence-electron chi connectivity index (χ1n) is 6.82. The molecule has 0 aromatic carbocycles. The average Bonchev–Trinajstić information content (AvgIpc) is 2.24. The number of hydrogen-bond donors (Lipinski definition) is 0. The second kappa shape index (κ2) is 8.39. The Kier molecular flexibility index (Phi) is 8.48. The van der Waals surface area contributed by atoms with E-state index in [0.717, 1.165) is 32.1 Å². The Morgan fingerprint density at radius 1 is 1.17 bits per heavy atom. The highest BCUT2D eigenvalue weighted by molar-refractivity contribution is 8.13. The van der Waals surface area contributed by atoms with E-state index in [2.05, 4.69) is 20.8 Å². The van der Waals surface area contributed by atoms with Crippen molar-refractivity contribution in [3.8, 4) is 0 Å². The summed E-state index contributed by atoms with van der Waals surface area (Å²) in [7, 11) is 1.97. The highest BCUT2D eigenvalue weighted by Gasteiger charge is 2.34. The zero-order valence-corrected chi connectivity index (χ0v) is 13.6. The Morgan fingerprint density at radius 2 is 1.67 bits per heavy atom. The third-order valence-corrected chi connectivity index (χ3v) is 4.57. The maximum absolute atomic E-state index is 11.4. The Balaban J connectivity index is 4.84. The molecular formula is C13H27ClO3S. The first kappa shape index (κ1) is 18.2. The summed E-state index contributed by atoms with van der Waals surface area (Å²) >= 11 is 0. The van der Waals surface area contributed by atoms with Gasteiger partial charge in [-0.3, -0.25) is 0 Å². The van der Waals surface area contributed by atoms with Gasteiger partial charge < -0.3 is 4.74 Å². The third kappa shape index (κ3) is 7.59. The quantitative estimate of drug-likeness (QED) is 0.573. The van der Waals surface area contributed by atoms with E-state index in [0.29, 0.717) is 6.61 Å². The van der Waals surface area contributed by atoms with Crippen molar-refractivity contribution in [2.45, 2.75) is 65.9 Å². The second-order valence-electron chi connectivity index (χ2n) is 5.21. The van der Waals surface area contributed by atoms with Crippen LogP contribution in [0.1, 0.15) is 59.8 Å². The molecule has 110 valence electrons. The first-order chi connectivity index (χ1) is 8.28. The third-order valence-electron chi connectivity index (χ3n) is 3.29. The minimum Gasteiger partial charge on any atom is -0.378 e. The maximum Gasteiger partial charge on any atom is 0.233 e. The van der Waals surface area contributed by atoms with Gasteiger partial charge in [-0.2, -0.15) is 0 Å². The summed E-state index contributed by atoms with van der Waals surface area (Å²) < 4.78 is 28.6. The van der Waals surface area contributed by atoms with Crippen molar-refractivity contribution in [1.82, 2.24) is 0 Å². The molecule has 0 fully saturated rings. The van der Waals surface area contributed by atoms with Gasteiger partial charge in [0.15, 0.2) is 0 Å². The van der Waals surface area contributed by atoms with Gasteiger partial charge in [0.2, 0.25) is 9.05 Å². The van der Waals surface area contributed by atoms with Gasteiger partial charge in [0.05, 0.1) is 18.5 Å². The van der Waals surface area contributed by atoms with Crippen LogP contribution in [0.25, 0.3) is 0 Å². The van der Waals surface area contributed by atoms with Gasteiger partial charge in [-0.1, -0.05) is 33.6 Å². The number of hydrogen-bond acceptors (Lipinski definition) is 3.